The molecule has 0 saturated heterocycles. The maximum Gasteiger partial charge on any atom is 0.358 e. The minimum absolute atomic E-state index is 0.00714. The third kappa shape index (κ3) is 7.63. The number of pyridine rings is 2. The number of azide groups is 1. The average molecular weight is 829 g/mol. The van der Waals surface area contributed by atoms with Crippen LogP contribution in [-0.4, -0.2) is 67.5 Å². The summed E-state index contributed by atoms with van der Waals surface area (Å²) in [6.07, 6.45) is 10.7. The van der Waals surface area contributed by atoms with Crippen LogP contribution in [0.3, 0.4) is 0 Å². The highest BCUT2D eigenvalue weighted by atomic mass is 32.1. The Morgan fingerprint density at radius 3 is 2.55 bits per heavy atom. The van der Waals surface area contributed by atoms with Gasteiger partial charge in [-0.15, -0.1) is 0 Å². The van der Waals surface area contributed by atoms with Gasteiger partial charge in [-0.05, 0) is 136 Å². The molecule has 2 unspecified atom stereocenters. The topological polar surface area (TPSA) is 173 Å². The van der Waals surface area contributed by atoms with Gasteiger partial charge in [0.05, 0.1) is 18.4 Å². The lowest BCUT2D eigenvalue weighted by Gasteiger charge is -2.69. The van der Waals surface area contributed by atoms with Crippen molar-refractivity contribution in [2.75, 3.05) is 29.9 Å². The van der Waals surface area contributed by atoms with E-state index < -0.39 is 11.6 Å². The van der Waals surface area contributed by atoms with Crippen molar-refractivity contribution in [2.45, 2.75) is 111 Å². The van der Waals surface area contributed by atoms with Gasteiger partial charge < -0.3 is 14.4 Å². The van der Waals surface area contributed by atoms with Crippen molar-refractivity contribution in [3.63, 3.8) is 0 Å². The first kappa shape index (κ1) is 40.1. The second-order valence-electron chi connectivity index (χ2n) is 19.5. The van der Waals surface area contributed by atoms with Crippen molar-refractivity contribution in [3.05, 3.63) is 93.4 Å². The third-order valence-corrected chi connectivity index (χ3v) is 13.8. The molecule has 0 spiro atoms. The first-order valence-corrected chi connectivity index (χ1v) is 21.7. The number of thiazole rings is 1. The monoisotopic (exact) mass is 828 g/mol. The SMILES string of the molecule is Cc1c(-c2ccc(N3CCc4cccc(C(=O)Nc5nc6cccnc6s5)c4C3)nc2C(=O)OC(C)(C)C)cnn1CC12CC3(C)CC(C)(C1)CC(OCCN=[N+]=[N-])(C3)C2. The van der Waals surface area contributed by atoms with Crippen LogP contribution in [-0.2, 0) is 29.0 Å². The van der Waals surface area contributed by atoms with E-state index in [1.807, 2.05) is 63.4 Å². The van der Waals surface area contributed by atoms with E-state index in [2.05, 4.69) is 61.7 Å². The first-order chi connectivity index (χ1) is 28.6. The number of nitrogens with one attached hydrogen (secondary N) is 1. The van der Waals surface area contributed by atoms with Crippen molar-refractivity contribution < 1.29 is 19.1 Å². The molecule has 10 rings (SSSR count). The number of nitrogens with zero attached hydrogens (tertiary/aromatic N) is 9. The van der Waals surface area contributed by atoms with Gasteiger partial charge in [0, 0.05) is 59.7 Å². The molecule has 5 aliphatic rings. The molecular weight excluding hydrogens is 777 g/mol. The molecule has 1 aromatic carbocycles. The molecule has 4 aromatic heterocycles. The molecule has 4 fully saturated rings. The average Bonchev–Trinajstić information content (AvgIpc) is 3.75. The van der Waals surface area contributed by atoms with Gasteiger partial charge >= 0.3 is 5.97 Å². The van der Waals surface area contributed by atoms with Gasteiger partial charge in [-0.2, -0.15) is 5.10 Å². The quantitative estimate of drug-likeness (QED) is 0.0447. The summed E-state index contributed by atoms with van der Waals surface area (Å²) in [5.74, 6) is -0.109. The predicted octanol–water partition coefficient (Wildman–Crippen LogP) is 9.47. The molecule has 4 saturated carbocycles. The van der Waals surface area contributed by atoms with Crippen LogP contribution in [0.25, 0.3) is 31.9 Å². The Bertz CT molecular complexity index is 2520. The third-order valence-electron chi connectivity index (χ3n) is 12.9. The van der Waals surface area contributed by atoms with E-state index in [1.165, 1.54) is 17.8 Å². The Balaban J connectivity index is 1.00. The molecule has 2 atom stereocenters. The zero-order chi connectivity index (χ0) is 42.1. The fraction of sp³-hybridized carbons (Fsp3) is 0.511. The van der Waals surface area contributed by atoms with Crippen LogP contribution in [0.5, 0.6) is 0 Å². The summed E-state index contributed by atoms with van der Waals surface area (Å²) in [6, 6.07) is 13.5. The van der Waals surface area contributed by atoms with Crippen molar-refractivity contribution in [2.24, 2.45) is 21.4 Å². The summed E-state index contributed by atoms with van der Waals surface area (Å²) >= 11 is 1.34. The van der Waals surface area contributed by atoms with Crippen molar-refractivity contribution >= 4 is 44.5 Å². The van der Waals surface area contributed by atoms with Crippen LogP contribution < -0.4 is 10.2 Å². The zero-order valence-electron chi connectivity index (χ0n) is 35.2. The van der Waals surface area contributed by atoms with E-state index in [4.69, 9.17) is 25.1 Å². The van der Waals surface area contributed by atoms with Gasteiger partial charge in [0.25, 0.3) is 5.91 Å². The summed E-state index contributed by atoms with van der Waals surface area (Å²) < 4.78 is 14.8. The van der Waals surface area contributed by atoms with Crippen LogP contribution in [0.15, 0.2) is 60.0 Å². The summed E-state index contributed by atoms with van der Waals surface area (Å²) in [6.45, 7) is 15.1. The first-order valence-electron chi connectivity index (χ1n) is 20.9. The number of benzene rings is 1. The minimum atomic E-state index is -0.735. The highest BCUT2D eigenvalue weighted by Crippen LogP contribution is 2.72. The Morgan fingerprint density at radius 2 is 1.80 bits per heavy atom. The Kier molecular flexibility index (Phi) is 9.79. The highest BCUT2D eigenvalue weighted by molar-refractivity contribution is 7.21. The number of hydrogen-bond donors (Lipinski definition) is 1. The van der Waals surface area contributed by atoms with E-state index >= 15 is 0 Å². The predicted molar refractivity (Wildman–Crippen MR) is 231 cm³/mol. The molecule has 4 bridgehead atoms. The van der Waals surface area contributed by atoms with Crippen LogP contribution in [0, 0.1) is 23.2 Å². The molecule has 5 aromatic rings. The molecule has 1 N–H and O–H groups in total. The molecule has 14 nitrogen and oxygen atoms in total. The summed E-state index contributed by atoms with van der Waals surface area (Å²) in [7, 11) is 0. The summed E-state index contributed by atoms with van der Waals surface area (Å²) in [5, 5.41) is 12.2. The number of rotatable bonds is 11. The number of carbonyl (C=O) groups excluding carboxylic acids is 2. The lowest BCUT2D eigenvalue weighted by molar-refractivity contribution is -0.247. The lowest BCUT2D eigenvalue weighted by atomic mass is 9.39. The highest BCUT2D eigenvalue weighted by Gasteiger charge is 2.66. The van der Waals surface area contributed by atoms with E-state index in [-0.39, 0.29) is 33.4 Å². The number of aromatic nitrogens is 5. The van der Waals surface area contributed by atoms with Gasteiger partial charge in [0.2, 0.25) is 0 Å². The number of amides is 1. The second kappa shape index (κ2) is 14.7. The molecule has 4 aliphatic carbocycles. The van der Waals surface area contributed by atoms with Gasteiger partial charge in [0.15, 0.2) is 10.8 Å². The number of fused-ring (bicyclic) bond motifs is 2. The largest absolute Gasteiger partial charge is 0.455 e. The molecular formula is C45H52N10O4S. The lowest BCUT2D eigenvalue weighted by Crippen LogP contribution is -2.64. The fourth-order valence-corrected chi connectivity index (χ4v) is 12.8. The summed E-state index contributed by atoms with van der Waals surface area (Å²) in [4.78, 5) is 47.6. The van der Waals surface area contributed by atoms with E-state index in [0.29, 0.717) is 54.7 Å². The van der Waals surface area contributed by atoms with Crippen LogP contribution in [0.1, 0.15) is 111 Å². The maximum absolute atomic E-state index is 14.1. The number of anilines is 2. The number of esters is 1. The molecule has 1 aliphatic heterocycles. The van der Waals surface area contributed by atoms with Gasteiger partial charge in [-0.3, -0.25) is 14.8 Å². The van der Waals surface area contributed by atoms with Gasteiger partial charge in [-0.25, -0.2) is 19.7 Å². The van der Waals surface area contributed by atoms with E-state index in [0.717, 1.165) is 71.4 Å². The molecule has 60 heavy (non-hydrogen) atoms. The standard InChI is InChI=1S/C45H52N10O4S/c1-28-32(19-49-55(28)27-44-22-42(5)21-43(6,23-44)25-45(24-42,26-44)58-18-16-48-53-46)30-12-13-35(51-36(30)39(57)59-41(2,3)4)54-17-14-29-9-7-10-31(33(29)20-54)37(56)52-40-50-34-11-8-15-47-38(34)60-40/h7-13,15,19H,14,16-18,20-27H2,1-6H3,(H,50,52,56). The number of hydrogen-bond acceptors (Lipinski definition) is 11. The molecule has 15 heteroatoms. The number of carbonyl (C=O) groups is 2. The van der Waals surface area contributed by atoms with E-state index in [9.17, 15) is 9.59 Å². The molecule has 0 radical (unpaired) electrons. The smallest absolute Gasteiger partial charge is 0.358 e. The maximum atomic E-state index is 14.1. The van der Waals surface area contributed by atoms with Crippen LogP contribution in [0.2, 0.25) is 0 Å². The number of ether oxygens (including phenoxy) is 2. The van der Waals surface area contributed by atoms with Crippen molar-refractivity contribution in [1.82, 2.24) is 24.7 Å². The normalized spacial score (nSPS) is 25.5. The Labute approximate surface area is 353 Å². The van der Waals surface area contributed by atoms with E-state index in [1.54, 1.807) is 6.20 Å². The fourth-order valence-electron chi connectivity index (χ4n) is 12.0. The van der Waals surface area contributed by atoms with Crippen molar-refractivity contribution in [1.29, 1.82) is 0 Å². The molecule has 5 heterocycles. The Morgan fingerprint density at radius 1 is 1.00 bits per heavy atom. The zero-order valence-corrected chi connectivity index (χ0v) is 36.1. The van der Waals surface area contributed by atoms with Crippen LogP contribution in [0.4, 0.5) is 10.9 Å². The molecule has 1 amide bonds. The second-order valence-corrected chi connectivity index (χ2v) is 20.4. The summed E-state index contributed by atoms with van der Waals surface area (Å²) in [5.41, 5.74) is 14.2. The van der Waals surface area contributed by atoms with Crippen molar-refractivity contribution in [3.8, 4) is 11.1 Å². The van der Waals surface area contributed by atoms with Gasteiger partial charge in [0.1, 0.15) is 21.8 Å². The van der Waals surface area contributed by atoms with Crippen LogP contribution >= 0.6 is 11.3 Å². The molecule has 312 valence electrons. The minimum Gasteiger partial charge on any atom is -0.455 e. The Hall–Kier alpha value is -5.37. The van der Waals surface area contributed by atoms with Gasteiger partial charge in [-0.1, -0.05) is 42.4 Å².